The Balaban J connectivity index is 1.29. The molecule has 0 bridgehead atoms. The van der Waals surface area contributed by atoms with Gasteiger partial charge in [-0.1, -0.05) is 12.1 Å². The second-order valence-electron chi connectivity index (χ2n) is 7.82. The van der Waals surface area contributed by atoms with Gasteiger partial charge in [0.15, 0.2) is 0 Å². The first-order valence-electron chi connectivity index (χ1n) is 10.3. The maximum Gasteiger partial charge on any atom is 0.253 e. The minimum atomic E-state index is -0.378. The fraction of sp³-hybridized carbons (Fsp3) is 0.391. The van der Waals surface area contributed by atoms with Crippen LogP contribution in [0.3, 0.4) is 0 Å². The van der Waals surface area contributed by atoms with Crippen LogP contribution in [0.2, 0.25) is 0 Å². The lowest BCUT2D eigenvalue weighted by molar-refractivity contribution is -0.117. The van der Waals surface area contributed by atoms with Gasteiger partial charge in [-0.3, -0.25) is 14.5 Å². The van der Waals surface area contributed by atoms with Crippen LogP contribution in [0.15, 0.2) is 42.5 Å². The Kier molecular flexibility index (Phi) is 5.90. The van der Waals surface area contributed by atoms with Crippen molar-refractivity contribution in [3.8, 4) is 0 Å². The summed E-state index contributed by atoms with van der Waals surface area (Å²) in [5.41, 5.74) is 3.91. The van der Waals surface area contributed by atoms with E-state index in [9.17, 15) is 14.0 Å². The Morgan fingerprint density at radius 1 is 0.931 bits per heavy atom. The van der Waals surface area contributed by atoms with Crippen molar-refractivity contribution in [3.63, 3.8) is 0 Å². The number of piperazine rings is 1. The molecule has 0 aromatic heterocycles. The number of anilines is 1. The topological polar surface area (TPSA) is 52.7 Å². The second-order valence-corrected chi connectivity index (χ2v) is 7.82. The third kappa shape index (κ3) is 4.82. The molecule has 1 heterocycles. The molecular formula is C23H26FN3O2. The number of nitrogens with zero attached hydrogens (tertiary/aromatic N) is 2. The molecule has 0 unspecified atom stereocenters. The van der Waals surface area contributed by atoms with E-state index in [-0.39, 0.29) is 24.2 Å². The van der Waals surface area contributed by atoms with Crippen molar-refractivity contribution in [2.24, 2.45) is 0 Å². The third-order valence-electron chi connectivity index (χ3n) is 5.73. The highest BCUT2D eigenvalue weighted by molar-refractivity contribution is 5.95. The summed E-state index contributed by atoms with van der Waals surface area (Å²) in [5, 5.41) is 2.72. The molecule has 29 heavy (non-hydrogen) atoms. The average Bonchev–Trinajstić information content (AvgIpc) is 2.73. The van der Waals surface area contributed by atoms with Crippen molar-refractivity contribution in [1.82, 2.24) is 9.80 Å². The SMILES string of the molecule is O=C(CN1CCN(C(=O)c2ccc3c(c2)CCCC3)CC1)Nc1cccc(F)c1. The molecule has 2 aliphatic rings. The number of benzene rings is 2. The maximum atomic E-state index is 13.2. The van der Waals surface area contributed by atoms with Gasteiger partial charge in [0.1, 0.15) is 5.82 Å². The van der Waals surface area contributed by atoms with E-state index in [2.05, 4.69) is 17.4 Å². The Hall–Kier alpha value is -2.73. The fourth-order valence-electron chi connectivity index (χ4n) is 4.13. The summed E-state index contributed by atoms with van der Waals surface area (Å²) >= 11 is 0. The van der Waals surface area contributed by atoms with Crippen molar-refractivity contribution >= 4 is 17.5 Å². The number of carbonyl (C=O) groups is 2. The quantitative estimate of drug-likeness (QED) is 0.866. The maximum absolute atomic E-state index is 13.2. The zero-order chi connectivity index (χ0) is 20.2. The molecule has 1 N–H and O–H groups in total. The van der Waals surface area contributed by atoms with Crippen LogP contribution in [0, 0.1) is 5.82 Å². The van der Waals surface area contributed by atoms with Gasteiger partial charge < -0.3 is 10.2 Å². The lowest BCUT2D eigenvalue weighted by Gasteiger charge is -2.34. The predicted octanol–water partition coefficient (Wildman–Crippen LogP) is 3.10. The molecule has 4 rings (SSSR count). The molecule has 1 fully saturated rings. The molecule has 152 valence electrons. The van der Waals surface area contributed by atoms with Gasteiger partial charge in [-0.05, 0) is 67.1 Å². The molecule has 0 spiro atoms. The van der Waals surface area contributed by atoms with Gasteiger partial charge in [-0.2, -0.15) is 0 Å². The molecule has 0 saturated carbocycles. The van der Waals surface area contributed by atoms with E-state index in [4.69, 9.17) is 0 Å². The summed E-state index contributed by atoms with van der Waals surface area (Å²) < 4.78 is 13.2. The van der Waals surface area contributed by atoms with Gasteiger partial charge in [0, 0.05) is 37.4 Å². The predicted molar refractivity (Wildman–Crippen MR) is 110 cm³/mol. The first kappa shape index (κ1) is 19.6. The van der Waals surface area contributed by atoms with Crippen molar-refractivity contribution in [1.29, 1.82) is 0 Å². The Morgan fingerprint density at radius 3 is 2.45 bits per heavy atom. The molecule has 5 nitrogen and oxygen atoms in total. The van der Waals surface area contributed by atoms with Crippen molar-refractivity contribution in [2.45, 2.75) is 25.7 Å². The summed E-state index contributed by atoms with van der Waals surface area (Å²) in [5.74, 6) is -0.482. The molecule has 1 aliphatic heterocycles. The summed E-state index contributed by atoms with van der Waals surface area (Å²) in [4.78, 5) is 29.0. The van der Waals surface area contributed by atoms with E-state index in [1.54, 1.807) is 12.1 Å². The largest absolute Gasteiger partial charge is 0.336 e. The second kappa shape index (κ2) is 8.74. The Labute approximate surface area is 170 Å². The first-order chi connectivity index (χ1) is 14.1. The average molecular weight is 395 g/mol. The van der Waals surface area contributed by atoms with Crippen LogP contribution >= 0.6 is 0 Å². The van der Waals surface area contributed by atoms with E-state index >= 15 is 0 Å². The number of amides is 2. The number of halogens is 1. The normalized spacial score (nSPS) is 16.9. The van der Waals surface area contributed by atoms with Crippen LogP contribution in [0.25, 0.3) is 0 Å². The molecular weight excluding hydrogens is 369 g/mol. The van der Waals surface area contributed by atoms with Gasteiger partial charge >= 0.3 is 0 Å². The van der Waals surface area contributed by atoms with Crippen molar-refractivity contribution in [2.75, 3.05) is 38.0 Å². The highest BCUT2D eigenvalue weighted by Gasteiger charge is 2.24. The number of hydrogen-bond donors (Lipinski definition) is 1. The lowest BCUT2D eigenvalue weighted by Crippen LogP contribution is -2.50. The van der Waals surface area contributed by atoms with Gasteiger partial charge in [-0.25, -0.2) is 4.39 Å². The zero-order valence-corrected chi connectivity index (χ0v) is 16.5. The lowest BCUT2D eigenvalue weighted by atomic mass is 9.90. The van der Waals surface area contributed by atoms with Gasteiger partial charge in [0.2, 0.25) is 5.91 Å². The van der Waals surface area contributed by atoms with Gasteiger partial charge in [0.25, 0.3) is 5.91 Å². The number of rotatable bonds is 4. The smallest absolute Gasteiger partial charge is 0.253 e. The molecule has 1 aliphatic carbocycles. The molecule has 0 atom stereocenters. The first-order valence-corrected chi connectivity index (χ1v) is 10.3. The summed E-state index contributed by atoms with van der Waals surface area (Å²) in [6.45, 7) is 2.73. The van der Waals surface area contributed by atoms with E-state index in [1.807, 2.05) is 15.9 Å². The van der Waals surface area contributed by atoms with Crippen LogP contribution in [-0.2, 0) is 17.6 Å². The number of hydrogen-bond acceptors (Lipinski definition) is 3. The highest BCUT2D eigenvalue weighted by atomic mass is 19.1. The van der Waals surface area contributed by atoms with Crippen LogP contribution in [-0.4, -0.2) is 54.3 Å². The summed E-state index contributed by atoms with van der Waals surface area (Å²) in [7, 11) is 0. The molecule has 2 aromatic rings. The van der Waals surface area contributed by atoms with E-state index in [0.29, 0.717) is 31.9 Å². The molecule has 6 heteroatoms. The zero-order valence-electron chi connectivity index (χ0n) is 16.5. The Bertz CT molecular complexity index is 907. The molecule has 2 aromatic carbocycles. The minimum Gasteiger partial charge on any atom is -0.336 e. The monoisotopic (exact) mass is 395 g/mol. The van der Waals surface area contributed by atoms with E-state index < -0.39 is 0 Å². The highest BCUT2D eigenvalue weighted by Crippen LogP contribution is 2.23. The number of aryl methyl sites for hydroxylation is 2. The summed E-state index contributed by atoms with van der Waals surface area (Å²) in [6.07, 6.45) is 4.60. The fourth-order valence-corrected chi connectivity index (χ4v) is 4.13. The van der Waals surface area contributed by atoms with Crippen LogP contribution in [0.4, 0.5) is 10.1 Å². The molecule has 0 radical (unpaired) electrons. The van der Waals surface area contributed by atoms with E-state index in [1.165, 1.54) is 36.1 Å². The van der Waals surface area contributed by atoms with E-state index in [0.717, 1.165) is 18.4 Å². The number of fused-ring (bicyclic) bond motifs is 1. The molecule has 1 saturated heterocycles. The van der Waals surface area contributed by atoms with Crippen molar-refractivity contribution in [3.05, 3.63) is 65.0 Å². The summed E-state index contributed by atoms with van der Waals surface area (Å²) in [6, 6.07) is 12.0. The number of carbonyl (C=O) groups excluding carboxylic acids is 2. The van der Waals surface area contributed by atoms with Gasteiger partial charge in [-0.15, -0.1) is 0 Å². The minimum absolute atomic E-state index is 0.0715. The van der Waals surface area contributed by atoms with Crippen LogP contribution in [0.1, 0.15) is 34.3 Å². The van der Waals surface area contributed by atoms with Crippen molar-refractivity contribution < 1.29 is 14.0 Å². The van der Waals surface area contributed by atoms with Crippen LogP contribution in [0.5, 0.6) is 0 Å². The molecule has 2 amide bonds. The van der Waals surface area contributed by atoms with Gasteiger partial charge in [0.05, 0.1) is 6.54 Å². The Morgan fingerprint density at radius 2 is 1.69 bits per heavy atom. The number of nitrogens with one attached hydrogen (secondary N) is 1. The third-order valence-corrected chi connectivity index (χ3v) is 5.73. The van der Waals surface area contributed by atoms with Crippen LogP contribution < -0.4 is 5.32 Å². The standard InChI is InChI=1S/C23H26FN3O2/c24-20-6-3-7-21(15-20)25-22(28)16-26-10-12-27(13-11-26)23(29)19-9-8-17-4-1-2-5-18(17)14-19/h3,6-9,14-15H,1-2,4-5,10-13,16H2,(H,25,28).